The highest BCUT2D eigenvalue weighted by Gasteiger charge is 2.51. The van der Waals surface area contributed by atoms with Crippen LogP contribution in [0, 0.1) is 0 Å². The Hall–Kier alpha value is -3.46. The van der Waals surface area contributed by atoms with Crippen molar-refractivity contribution in [1.82, 2.24) is 0 Å². The molecule has 3 aromatic carbocycles. The molecule has 0 radical (unpaired) electrons. The van der Waals surface area contributed by atoms with E-state index in [0.29, 0.717) is 16.7 Å². The first-order valence-corrected chi connectivity index (χ1v) is 17.3. The molecule has 0 saturated heterocycles. The maximum atomic E-state index is 13.3. The van der Waals surface area contributed by atoms with Crippen molar-refractivity contribution in [2.75, 3.05) is 0 Å². The van der Waals surface area contributed by atoms with Gasteiger partial charge in [0, 0.05) is 19.3 Å². The molecule has 0 amide bonds. The maximum Gasteiger partial charge on any atom is 0.277 e. The highest BCUT2D eigenvalue weighted by atomic mass is 32.2. The summed E-state index contributed by atoms with van der Waals surface area (Å²) in [5, 5.41) is 43.3. The normalized spacial score (nSPS) is 18.0. The summed E-state index contributed by atoms with van der Waals surface area (Å²) in [4.78, 5) is 0. The van der Waals surface area contributed by atoms with Crippen LogP contribution in [0.25, 0.3) is 5.57 Å². The van der Waals surface area contributed by atoms with Gasteiger partial charge in [-0.3, -0.25) is 9.11 Å². The van der Waals surface area contributed by atoms with Gasteiger partial charge >= 0.3 is 0 Å². The first kappa shape index (κ1) is 37.0. The van der Waals surface area contributed by atoms with Crippen molar-refractivity contribution in [3.8, 4) is 0 Å². The van der Waals surface area contributed by atoms with Crippen LogP contribution in [0.1, 0.15) is 30.0 Å². The van der Waals surface area contributed by atoms with E-state index in [4.69, 9.17) is 0 Å². The van der Waals surface area contributed by atoms with Crippen LogP contribution < -0.4 is 0 Å². The van der Waals surface area contributed by atoms with Crippen LogP contribution in [0.4, 0.5) is 0 Å². The van der Waals surface area contributed by atoms with Crippen molar-refractivity contribution >= 4 is 25.8 Å². The minimum Gasteiger partial charge on any atom is -0.393 e. The van der Waals surface area contributed by atoms with Gasteiger partial charge in [0.05, 0.1) is 18.3 Å². The second-order valence-electron chi connectivity index (χ2n) is 11.3. The van der Waals surface area contributed by atoms with E-state index >= 15 is 0 Å². The minimum atomic E-state index is -5.26. The lowest BCUT2D eigenvalue weighted by Crippen LogP contribution is -2.52. The number of benzene rings is 3. The number of aliphatic hydroxyl groups is 4. The van der Waals surface area contributed by atoms with E-state index in [0.717, 1.165) is 24.3 Å². The standard InChI is InChI=1S/C34H40O10S2/c1-25(35)22-30(36)18-20-33(45(39,40)41,23-27-12-6-3-7-13-27)31(37)19-21-34(46(42,43)44,24-28-14-8-4-9-15-28)32(38)26(2)29-16-10-5-11-17-29/h3-21,25,30-32,35-38H,2,22-24H2,1H3,(H,39,40,41)(H,42,43,44). The Morgan fingerprint density at radius 1 is 0.696 bits per heavy atom. The molecule has 12 heteroatoms. The lowest BCUT2D eigenvalue weighted by molar-refractivity contribution is 0.116. The van der Waals surface area contributed by atoms with Crippen molar-refractivity contribution in [1.29, 1.82) is 0 Å². The molecule has 0 heterocycles. The Bertz CT molecular complexity index is 1710. The number of hydrogen-bond acceptors (Lipinski definition) is 8. The van der Waals surface area contributed by atoms with Crippen LogP contribution in [0.2, 0.25) is 0 Å². The van der Waals surface area contributed by atoms with Crippen molar-refractivity contribution in [2.45, 2.75) is 60.1 Å². The Morgan fingerprint density at radius 3 is 1.54 bits per heavy atom. The molecule has 0 aliphatic heterocycles. The molecule has 6 N–H and O–H groups in total. The molecule has 10 nitrogen and oxygen atoms in total. The third-order valence-electron chi connectivity index (χ3n) is 7.79. The molecule has 0 saturated carbocycles. The summed E-state index contributed by atoms with van der Waals surface area (Å²) in [6.45, 7) is 5.28. The molecule has 248 valence electrons. The highest BCUT2D eigenvalue weighted by molar-refractivity contribution is 7.87. The van der Waals surface area contributed by atoms with E-state index in [1.165, 1.54) is 6.92 Å². The van der Waals surface area contributed by atoms with Crippen LogP contribution in [0.15, 0.2) is 122 Å². The average molecular weight is 673 g/mol. The maximum absolute atomic E-state index is 13.3. The van der Waals surface area contributed by atoms with E-state index in [2.05, 4.69) is 6.58 Å². The third-order valence-corrected chi connectivity index (χ3v) is 10.7. The molecular weight excluding hydrogens is 632 g/mol. The van der Waals surface area contributed by atoms with Gasteiger partial charge in [0.1, 0.15) is 15.6 Å². The zero-order valence-corrected chi connectivity index (χ0v) is 26.9. The largest absolute Gasteiger partial charge is 0.393 e. The van der Waals surface area contributed by atoms with Gasteiger partial charge in [0.25, 0.3) is 20.2 Å². The van der Waals surface area contributed by atoms with Crippen LogP contribution in [0.5, 0.6) is 0 Å². The first-order valence-electron chi connectivity index (χ1n) is 14.4. The summed E-state index contributed by atoms with van der Waals surface area (Å²) < 4.78 is 68.9. The van der Waals surface area contributed by atoms with E-state index in [-0.39, 0.29) is 12.0 Å². The summed E-state index contributed by atoms with van der Waals surface area (Å²) in [6, 6.07) is 24.1. The quantitative estimate of drug-likeness (QED) is 0.0972. The van der Waals surface area contributed by atoms with Gasteiger partial charge in [-0.05, 0) is 29.2 Å². The fourth-order valence-electron chi connectivity index (χ4n) is 5.21. The summed E-state index contributed by atoms with van der Waals surface area (Å²) in [5.74, 6) is 0. The van der Waals surface area contributed by atoms with Gasteiger partial charge in [0.15, 0.2) is 0 Å². The Morgan fingerprint density at radius 2 is 1.11 bits per heavy atom. The Labute approximate surface area is 270 Å². The van der Waals surface area contributed by atoms with Gasteiger partial charge < -0.3 is 20.4 Å². The predicted octanol–water partition coefficient (Wildman–Crippen LogP) is 3.40. The van der Waals surface area contributed by atoms with Crippen molar-refractivity contribution in [3.05, 3.63) is 139 Å². The molecular formula is C34H40O10S2. The average Bonchev–Trinajstić information content (AvgIpc) is 3.00. The smallest absolute Gasteiger partial charge is 0.277 e. The highest BCUT2D eigenvalue weighted by Crippen LogP contribution is 2.37. The SMILES string of the molecule is C=C(c1ccccc1)C(O)C(C=CC(O)C(C=CC(O)CC(C)O)(Cc1ccccc1)S(=O)(=O)O)(Cc1ccccc1)S(=O)(=O)O. The van der Waals surface area contributed by atoms with Crippen molar-refractivity contribution in [3.63, 3.8) is 0 Å². The fourth-order valence-corrected chi connectivity index (χ4v) is 7.22. The zero-order valence-electron chi connectivity index (χ0n) is 25.2. The molecule has 6 atom stereocenters. The molecule has 0 aliphatic rings. The zero-order chi connectivity index (χ0) is 34.2. The molecule has 3 aromatic rings. The third kappa shape index (κ3) is 8.87. The van der Waals surface area contributed by atoms with Crippen molar-refractivity contribution in [2.24, 2.45) is 0 Å². The van der Waals surface area contributed by atoms with Gasteiger partial charge in [0.2, 0.25) is 0 Å². The molecule has 0 bridgehead atoms. The van der Waals surface area contributed by atoms with Crippen LogP contribution in [-0.2, 0) is 33.1 Å². The number of aliphatic hydroxyl groups excluding tert-OH is 4. The first-order chi connectivity index (χ1) is 21.5. The summed E-state index contributed by atoms with van der Waals surface area (Å²) in [7, 11) is -10.5. The molecule has 0 aromatic heterocycles. The van der Waals surface area contributed by atoms with Gasteiger partial charge in [-0.1, -0.05) is 122 Å². The lowest BCUT2D eigenvalue weighted by atomic mass is 9.84. The topological polar surface area (TPSA) is 190 Å². The molecule has 0 spiro atoms. The molecule has 0 aliphatic carbocycles. The number of rotatable bonds is 16. The van der Waals surface area contributed by atoms with E-state index < -0.39 is 67.0 Å². The van der Waals surface area contributed by atoms with Crippen LogP contribution in [-0.4, -0.2) is 80.3 Å². The summed E-state index contributed by atoms with van der Waals surface area (Å²) in [5.41, 5.74) is 0.993. The van der Waals surface area contributed by atoms with Gasteiger partial charge in [-0.2, -0.15) is 16.8 Å². The predicted molar refractivity (Wildman–Crippen MR) is 177 cm³/mol. The van der Waals surface area contributed by atoms with E-state index in [9.17, 15) is 46.4 Å². The summed E-state index contributed by atoms with van der Waals surface area (Å²) >= 11 is 0. The van der Waals surface area contributed by atoms with E-state index in [1.54, 1.807) is 91.0 Å². The molecule has 3 rings (SSSR count). The molecule has 46 heavy (non-hydrogen) atoms. The second-order valence-corrected chi connectivity index (χ2v) is 14.7. The lowest BCUT2D eigenvalue weighted by Gasteiger charge is -2.36. The van der Waals surface area contributed by atoms with Crippen LogP contribution >= 0.6 is 0 Å². The minimum absolute atomic E-state index is 0.0836. The molecule has 6 unspecified atom stereocenters. The van der Waals surface area contributed by atoms with Crippen LogP contribution in [0.3, 0.4) is 0 Å². The van der Waals surface area contributed by atoms with Gasteiger partial charge in [-0.15, -0.1) is 0 Å². The molecule has 0 fully saturated rings. The number of hydrogen-bond donors (Lipinski definition) is 6. The summed E-state index contributed by atoms with van der Waals surface area (Å²) in [6.07, 6.45) is -4.31. The van der Waals surface area contributed by atoms with Crippen molar-refractivity contribution < 1.29 is 46.4 Å². The Balaban J connectivity index is 2.26. The second kappa shape index (κ2) is 15.4. The van der Waals surface area contributed by atoms with E-state index in [1.807, 2.05) is 0 Å². The Kier molecular flexibility index (Phi) is 12.4. The van der Waals surface area contributed by atoms with Gasteiger partial charge in [-0.25, -0.2) is 0 Å². The monoisotopic (exact) mass is 672 g/mol. The fraction of sp³-hybridized carbons (Fsp3) is 0.294.